The third kappa shape index (κ3) is 4.84. The molecule has 0 amide bonds. The quantitative estimate of drug-likeness (QED) is 0.185. The first-order chi connectivity index (χ1) is 27.5. The monoisotopic (exact) mass is 727 g/mol. The van der Waals surface area contributed by atoms with Crippen molar-refractivity contribution in [2.45, 2.75) is 5.92 Å². The van der Waals surface area contributed by atoms with E-state index in [0.29, 0.717) is 11.3 Å². The van der Waals surface area contributed by atoms with Gasteiger partial charge in [0.25, 0.3) is 5.92 Å². The summed E-state index contributed by atoms with van der Waals surface area (Å²) < 4.78 is 36.3. The van der Waals surface area contributed by atoms with Crippen LogP contribution >= 0.6 is 0 Å². The van der Waals surface area contributed by atoms with Crippen LogP contribution in [-0.4, -0.2) is 24.1 Å². The Labute approximate surface area is 319 Å². The first-order valence-electron chi connectivity index (χ1n) is 18.6. The normalized spacial score (nSPS) is 12.1. The molecule has 0 saturated carbocycles. The number of hydrogen-bond acceptors (Lipinski definition) is 2. The maximum atomic E-state index is 16.0. The highest BCUT2D eigenvalue weighted by Crippen LogP contribution is 2.42. The molecular formula is C49H31F2N5. The van der Waals surface area contributed by atoms with Crippen LogP contribution in [0.4, 0.5) is 8.78 Å². The number of halogens is 2. The fourth-order valence-electron chi connectivity index (χ4n) is 8.34. The van der Waals surface area contributed by atoms with Crippen LogP contribution in [0.15, 0.2) is 182 Å². The summed E-state index contributed by atoms with van der Waals surface area (Å²) >= 11 is 0. The molecule has 0 aliphatic heterocycles. The molecule has 0 bridgehead atoms. The number of aromatic amines is 1. The molecule has 7 aromatic carbocycles. The third-order valence-corrected chi connectivity index (χ3v) is 10.9. The second-order valence-electron chi connectivity index (χ2n) is 14.1. The summed E-state index contributed by atoms with van der Waals surface area (Å²) in [5.41, 5.74) is 9.22. The van der Waals surface area contributed by atoms with Crippen LogP contribution in [0.2, 0.25) is 0 Å². The van der Waals surface area contributed by atoms with E-state index < -0.39 is 5.92 Å². The molecule has 11 aromatic rings. The Balaban J connectivity index is 1.15. The van der Waals surface area contributed by atoms with Gasteiger partial charge in [-0.3, -0.25) is 9.13 Å². The highest BCUT2D eigenvalue weighted by molar-refractivity contribution is 6.13. The molecule has 0 radical (unpaired) electrons. The van der Waals surface area contributed by atoms with E-state index in [1.54, 1.807) is 30.5 Å². The Kier molecular flexibility index (Phi) is 7.06. The number of fused-ring (bicyclic) bond motifs is 7. The number of rotatable bonds is 6. The van der Waals surface area contributed by atoms with Crippen molar-refractivity contribution >= 4 is 54.6 Å². The highest BCUT2D eigenvalue weighted by atomic mass is 19.3. The summed E-state index contributed by atoms with van der Waals surface area (Å²) in [5, 5.41) is 4.12. The molecule has 56 heavy (non-hydrogen) atoms. The van der Waals surface area contributed by atoms with Gasteiger partial charge >= 0.3 is 0 Å². The molecule has 5 nitrogen and oxygen atoms in total. The van der Waals surface area contributed by atoms with Crippen LogP contribution in [-0.2, 0) is 5.92 Å². The van der Waals surface area contributed by atoms with Gasteiger partial charge < -0.3 is 4.98 Å². The Morgan fingerprint density at radius 2 is 1.20 bits per heavy atom. The van der Waals surface area contributed by atoms with Crippen molar-refractivity contribution in [1.82, 2.24) is 24.1 Å². The third-order valence-electron chi connectivity index (χ3n) is 10.9. The number of alkyl halides is 2. The van der Waals surface area contributed by atoms with E-state index in [1.165, 1.54) is 23.6 Å². The van der Waals surface area contributed by atoms with E-state index in [-0.39, 0.29) is 11.1 Å². The number of hydrogen-bond donors (Lipinski definition) is 1. The minimum atomic E-state index is -3.19. The van der Waals surface area contributed by atoms with Gasteiger partial charge in [0.15, 0.2) is 0 Å². The summed E-state index contributed by atoms with van der Waals surface area (Å²) in [6, 6.07) is 56.3. The zero-order valence-electron chi connectivity index (χ0n) is 29.9. The van der Waals surface area contributed by atoms with Crippen LogP contribution in [0.3, 0.4) is 0 Å². The summed E-state index contributed by atoms with van der Waals surface area (Å²) in [6.45, 7) is 0. The summed E-state index contributed by atoms with van der Waals surface area (Å²) in [4.78, 5) is 13.9. The molecule has 0 atom stereocenters. The van der Waals surface area contributed by atoms with E-state index in [0.717, 1.165) is 71.9 Å². The second-order valence-corrected chi connectivity index (χ2v) is 14.1. The average molecular weight is 728 g/mol. The number of H-pyrrole nitrogens is 1. The van der Waals surface area contributed by atoms with E-state index in [1.807, 2.05) is 53.1 Å². The summed E-state index contributed by atoms with van der Waals surface area (Å²) in [5.74, 6) is -1.72. The van der Waals surface area contributed by atoms with E-state index in [9.17, 15) is 0 Å². The minimum absolute atomic E-state index is 0.0506. The summed E-state index contributed by atoms with van der Waals surface area (Å²) in [6.07, 6.45) is 1.73. The number of pyridine rings is 1. The molecule has 0 saturated heterocycles. The van der Waals surface area contributed by atoms with Crippen molar-refractivity contribution in [3.8, 4) is 34.0 Å². The van der Waals surface area contributed by atoms with Gasteiger partial charge in [0, 0.05) is 61.2 Å². The fraction of sp³-hybridized carbons (Fsp3) is 0.0204. The molecule has 266 valence electrons. The van der Waals surface area contributed by atoms with Gasteiger partial charge in [-0.1, -0.05) is 121 Å². The van der Waals surface area contributed by atoms with Gasteiger partial charge in [-0.25, -0.2) is 9.97 Å². The van der Waals surface area contributed by atoms with Gasteiger partial charge in [0.2, 0.25) is 0 Å². The predicted octanol–water partition coefficient (Wildman–Crippen LogP) is 12.6. The summed E-state index contributed by atoms with van der Waals surface area (Å²) in [7, 11) is 0. The molecule has 11 rings (SSSR count). The first kappa shape index (κ1) is 32.1. The van der Waals surface area contributed by atoms with Crippen LogP contribution in [0.1, 0.15) is 11.1 Å². The second kappa shape index (κ2) is 12.3. The maximum Gasteiger partial charge on any atom is 0.298 e. The molecule has 0 unspecified atom stereocenters. The number of benzene rings is 7. The number of aromatic nitrogens is 5. The van der Waals surface area contributed by atoms with E-state index >= 15 is 8.78 Å². The van der Waals surface area contributed by atoms with Crippen LogP contribution in [0, 0.1) is 0 Å². The van der Waals surface area contributed by atoms with Crippen molar-refractivity contribution in [3.05, 3.63) is 193 Å². The molecule has 1 N–H and O–H groups in total. The SMILES string of the molecule is FC(F)(c1ccccc1)c1ccc2c3ccc(-c4cccc5c4nc(-c4cccc6c4[nH]c4ccccc46)n5-c4ccccc4)cc3n(-c3ccccn3)c2c1. The van der Waals surface area contributed by atoms with Gasteiger partial charge in [0.1, 0.15) is 11.6 Å². The topological polar surface area (TPSA) is 51.4 Å². The first-order valence-corrected chi connectivity index (χ1v) is 18.6. The van der Waals surface area contributed by atoms with Gasteiger partial charge in [-0.05, 0) is 60.2 Å². The Bertz CT molecular complexity index is 3270. The lowest BCUT2D eigenvalue weighted by Gasteiger charge is -2.18. The lowest BCUT2D eigenvalue weighted by atomic mass is 9.98. The van der Waals surface area contributed by atoms with E-state index in [2.05, 4.69) is 94.5 Å². The Hall–Kier alpha value is -7.38. The smallest absolute Gasteiger partial charge is 0.298 e. The zero-order valence-corrected chi connectivity index (χ0v) is 29.9. The molecular weight excluding hydrogens is 697 g/mol. The average Bonchev–Trinajstić information content (AvgIpc) is 3.94. The Morgan fingerprint density at radius 1 is 0.500 bits per heavy atom. The standard InChI is InChI=1S/C49H31F2N5/c50-49(51,32-13-3-1-4-14-32)33-25-27-38-37-26-24-31(29-43(37)56(44(38)30-33)45-23-9-10-28-52-45)35-18-12-22-42-47(35)54-48(55(42)34-15-5-2-6-16-34)40-20-11-19-39-36-17-7-8-21-41(36)53-46(39)40/h1-30,53H. The van der Waals surface area contributed by atoms with Crippen LogP contribution in [0.25, 0.3) is 88.7 Å². The maximum absolute atomic E-state index is 16.0. The number of nitrogens with zero attached hydrogens (tertiary/aromatic N) is 4. The van der Waals surface area contributed by atoms with Crippen molar-refractivity contribution < 1.29 is 8.78 Å². The lowest BCUT2D eigenvalue weighted by molar-refractivity contribution is 0.0429. The van der Waals surface area contributed by atoms with E-state index in [4.69, 9.17) is 9.97 Å². The van der Waals surface area contributed by atoms with Crippen molar-refractivity contribution in [1.29, 1.82) is 0 Å². The minimum Gasteiger partial charge on any atom is -0.354 e. The number of para-hydroxylation sites is 4. The van der Waals surface area contributed by atoms with Gasteiger partial charge in [-0.2, -0.15) is 8.78 Å². The molecule has 4 heterocycles. The molecule has 0 aliphatic rings. The number of nitrogens with one attached hydrogen (secondary N) is 1. The van der Waals surface area contributed by atoms with Crippen molar-refractivity contribution in [2.75, 3.05) is 0 Å². The molecule has 4 aromatic heterocycles. The molecule has 0 fully saturated rings. The van der Waals surface area contributed by atoms with Gasteiger partial charge in [0.05, 0.1) is 27.6 Å². The van der Waals surface area contributed by atoms with Crippen molar-refractivity contribution in [3.63, 3.8) is 0 Å². The molecule has 0 spiro atoms. The number of imidazole rings is 1. The molecule has 7 heteroatoms. The molecule has 0 aliphatic carbocycles. The van der Waals surface area contributed by atoms with Crippen LogP contribution < -0.4 is 0 Å². The fourth-order valence-corrected chi connectivity index (χ4v) is 8.34. The largest absolute Gasteiger partial charge is 0.354 e. The lowest BCUT2D eigenvalue weighted by Crippen LogP contribution is -2.15. The Morgan fingerprint density at radius 3 is 2.02 bits per heavy atom. The predicted molar refractivity (Wildman–Crippen MR) is 223 cm³/mol. The zero-order chi connectivity index (χ0) is 37.4. The van der Waals surface area contributed by atoms with Crippen molar-refractivity contribution in [2.24, 2.45) is 0 Å². The van der Waals surface area contributed by atoms with Crippen LogP contribution in [0.5, 0.6) is 0 Å². The van der Waals surface area contributed by atoms with Gasteiger partial charge in [-0.15, -0.1) is 0 Å². The highest BCUT2D eigenvalue weighted by Gasteiger charge is 2.34.